The zero-order valence-corrected chi connectivity index (χ0v) is 8.42. The summed E-state index contributed by atoms with van der Waals surface area (Å²) in [4.78, 5) is 10.9. The molecule has 1 aromatic carbocycles. The third-order valence-corrected chi connectivity index (χ3v) is 2.16. The topological polar surface area (TPSA) is 55.1 Å². The van der Waals surface area contributed by atoms with Crippen molar-refractivity contribution in [3.8, 4) is 0 Å². The average molecular weight is 192 g/mol. The lowest BCUT2D eigenvalue weighted by Crippen LogP contribution is -2.31. The summed E-state index contributed by atoms with van der Waals surface area (Å²) in [6.07, 6.45) is 0.860. The van der Waals surface area contributed by atoms with Crippen LogP contribution in [-0.2, 0) is 11.2 Å². The Balaban J connectivity index is 2.39. The van der Waals surface area contributed by atoms with Crippen LogP contribution in [0.3, 0.4) is 0 Å². The minimum Gasteiger partial charge on any atom is -0.355 e. The highest BCUT2D eigenvalue weighted by atomic mass is 16.1. The number of benzene rings is 1. The lowest BCUT2D eigenvalue weighted by Gasteiger charge is -2.06. The molecule has 0 saturated carbocycles. The molecule has 3 N–H and O–H groups in total. The number of amides is 1. The molecule has 0 fully saturated rings. The first kappa shape index (κ1) is 10.7. The number of aryl methyl sites for hydroxylation is 1. The van der Waals surface area contributed by atoms with Crippen LogP contribution in [0, 0.1) is 6.92 Å². The quantitative estimate of drug-likeness (QED) is 0.734. The van der Waals surface area contributed by atoms with Gasteiger partial charge in [-0.1, -0.05) is 24.3 Å². The minimum absolute atomic E-state index is 0.0633. The summed E-state index contributed by atoms with van der Waals surface area (Å²) < 4.78 is 0. The highest BCUT2D eigenvalue weighted by Crippen LogP contribution is 2.06. The molecule has 0 unspecified atom stereocenters. The van der Waals surface area contributed by atoms with Crippen LogP contribution in [0.15, 0.2) is 24.3 Å². The van der Waals surface area contributed by atoms with Crippen LogP contribution in [0.5, 0.6) is 0 Å². The summed E-state index contributed by atoms with van der Waals surface area (Å²) in [5, 5.41) is 2.74. The summed E-state index contributed by atoms with van der Waals surface area (Å²) in [5.74, 6) is -0.0985. The zero-order valence-electron chi connectivity index (χ0n) is 8.42. The standard InChI is InChI=1S/C11H16N2O/c1-9-4-2-3-5-10(9)6-7-13-11(14)8-12/h2-5H,6-8,12H2,1H3,(H,13,14). The van der Waals surface area contributed by atoms with Crippen LogP contribution in [0.2, 0.25) is 0 Å². The Bertz CT molecular complexity index is 310. The van der Waals surface area contributed by atoms with Gasteiger partial charge in [0.15, 0.2) is 0 Å². The van der Waals surface area contributed by atoms with Gasteiger partial charge in [0.1, 0.15) is 0 Å². The fraction of sp³-hybridized carbons (Fsp3) is 0.364. The molecule has 1 aromatic rings. The molecule has 0 aliphatic carbocycles. The normalized spacial score (nSPS) is 9.86. The first-order valence-corrected chi connectivity index (χ1v) is 4.75. The lowest BCUT2D eigenvalue weighted by atomic mass is 10.1. The van der Waals surface area contributed by atoms with E-state index in [0.29, 0.717) is 6.54 Å². The Morgan fingerprint density at radius 2 is 2.14 bits per heavy atom. The second-order valence-corrected chi connectivity index (χ2v) is 3.23. The molecule has 0 aliphatic heterocycles. The molecule has 0 aromatic heterocycles. The monoisotopic (exact) mass is 192 g/mol. The van der Waals surface area contributed by atoms with Gasteiger partial charge in [0, 0.05) is 6.54 Å². The van der Waals surface area contributed by atoms with E-state index in [4.69, 9.17) is 5.73 Å². The largest absolute Gasteiger partial charge is 0.355 e. The van der Waals surface area contributed by atoms with Crippen LogP contribution in [0.25, 0.3) is 0 Å². The van der Waals surface area contributed by atoms with Crippen LogP contribution < -0.4 is 11.1 Å². The molecular weight excluding hydrogens is 176 g/mol. The highest BCUT2D eigenvalue weighted by Gasteiger charge is 1.98. The maximum Gasteiger partial charge on any atom is 0.233 e. The molecular formula is C11H16N2O. The average Bonchev–Trinajstić information content (AvgIpc) is 2.20. The Kier molecular flexibility index (Phi) is 4.13. The van der Waals surface area contributed by atoms with Crippen molar-refractivity contribution in [1.82, 2.24) is 5.32 Å². The molecule has 14 heavy (non-hydrogen) atoms. The second-order valence-electron chi connectivity index (χ2n) is 3.23. The molecule has 0 heterocycles. The summed E-state index contributed by atoms with van der Waals surface area (Å²) in [5.41, 5.74) is 7.70. The van der Waals surface area contributed by atoms with Gasteiger partial charge in [-0.2, -0.15) is 0 Å². The molecule has 0 saturated heterocycles. The van der Waals surface area contributed by atoms with E-state index in [2.05, 4.69) is 24.4 Å². The van der Waals surface area contributed by atoms with E-state index in [1.165, 1.54) is 11.1 Å². The van der Waals surface area contributed by atoms with E-state index in [9.17, 15) is 4.79 Å². The zero-order chi connectivity index (χ0) is 10.4. The first-order chi connectivity index (χ1) is 6.74. The molecule has 0 aliphatic rings. The molecule has 0 bridgehead atoms. The molecule has 3 heteroatoms. The first-order valence-electron chi connectivity index (χ1n) is 4.75. The van der Waals surface area contributed by atoms with Crippen molar-refractivity contribution in [2.75, 3.05) is 13.1 Å². The third kappa shape index (κ3) is 3.18. The highest BCUT2D eigenvalue weighted by molar-refractivity contribution is 5.77. The number of nitrogens with two attached hydrogens (primary N) is 1. The van der Waals surface area contributed by atoms with Gasteiger partial charge in [-0.15, -0.1) is 0 Å². The maximum absolute atomic E-state index is 10.9. The Morgan fingerprint density at radius 3 is 2.79 bits per heavy atom. The maximum atomic E-state index is 10.9. The summed E-state index contributed by atoms with van der Waals surface area (Å²) in [7, 11) is 0. The van der Waals surface area contributed by atoms with Crippen molar-refractivity contribution in [1.29, 1.82) is 0 Å². The van der Waals surface area contributed by atoms with Crippen molar-refractivity contribution in [2.24, 2.45) is 5.73 Å². The van der Waals surface area contributed by atoms with Crippen molar-refractivity contribution in [2.45, 2.75) is 13.3 Å². The van der Waals surface area contributed by atoms with Gasteiger partial charge >= 0.3 is 0 Å². The van der Waals surface area contributed by atoms with E-state index >= 15 is 0 Å². The summed E-state index contributed by atoms with van der Waals surface area (Å²) in [6.45, 7) is 2.79. The van der Waals surface area contributed by atoms with Gasteiger partial charge in [0.2, 0.25) is 5.91 Å². The fourth-order valence-corrected chi connectivity index (χ4v) is 1.30. The van der Waals surface area contributed by atoms with Gasteiger partial charge in [-0.05, 0) is 24.5 Å². The molecule has 76 valence electrons. The van der Waals surface area contributed by atoms with Gasteiger partial charge < -0.3 is 11.1 Å². The van der Waals surface area contributed by atoms with E-state index < -0.39 is 0 Å². The fourth-order valence-electron chi connectivity index (χ4n) is 1.30. The number of carbonyl (C=O) groups excluding carboxylic acids is 1. The predicted octanol–water partition coefficient (Wildman–Crippen LogP) is 0.612. The third-order valence-electron chi connectivity index (χ3n) is 2.16. The van der Waals surface area contributed by atoms with E-state index in [0.717, 1.165) is 6.42 Å². The van der Waals surface area contributed by atoms with E-state index in [-0.39, 0.29) is 12.5 Å². The van der Waals surface area contributed by atoms with Crippen molar-refractivity contribution < 1.29 is 4.79 Å². The number of nitrogens with one attached hydrogen (secondary N) is 1. The minimum atomic E-state index is -0.0985. The molecule has 0 radical (unpaired) electrons. The number of hydrogen-bond acceptors (Lipinski definition) is 2. The van der Waals surface area contributed by atoms with Gasteiger partial charge in [0.05, 0.1) is 6.54 Å². The lowest BCUT2D eigenvalue weighted by molar-refractivity contribution is -0.119. The Morgan fingerprint density at radius 1 is 1.43 bits per heavy atom. The molecule has 0 atom stereocenters. The van der Waals surface area contributed by atoms with Crippen molar-refractivity contribution in [3.63, 3.8) is 0 Å². The molecule has 1 amide bonds. The summed E-state index contributed by atoms with van der Waals surface area (Å²) >= 11 is 0. The van der Waals surface area contributed by atoms with Crippen LogP contribution >= 0.6 is 0 Å². The smallest absolute Gasteiger partial charge is 0.233 e. The molecule has 0 spiro atoms. The van der Waals surface area contributed by atoms with Crippen LogP contribution in [-0.4, -0.2) is 19.0 Å². The van der Waals surface area contributed by atoms with Gasteiger partial charge in [0.25, 0.3) is 0 Å². The van der Waals surface area contributed by atoms with Gasteiger partial charge in [-0.3, -0.25) is 4.79 Å². The number of carbonyl (C=O) groups is 1. The second kappa shape index (κ2) is 5.40. The Hall–Kier alpha value is -1.35. The molecule has 3 nitrogen and oxygen atoms in total. The summed E-state index contributed by atoms with van der Waals surface area (Å²) in [6, 6.07) is 8.16. The van der Waals surface area contributed by atoms with Crippen molar-refractivity contribution in [3.05, 3.63) is 35.4 Å². The van der Waals surface area contributed by atoms with Gasteiger partial charge in [-0.25, -0.2) is 0 Å². The van der Waals surface area contributed by atoms with E-state index in [1.54, 1.807) is 0 Å². The van der Waals surface area contributed by atoms with Crippen LogP contribution in [0.4, 0.5) is 0 Å². The predicted molar refractivity (Wildman–Crippen MR) is 56.9 cm³/mol. The molecule has 1 rings (SSSR count). The number of hydrogen-bond donors (Lipinski definition) is 2. The Labute approximate surface area is 84.3 Å². The number of rotatable bonds is 4. The van der Waals surface area contributed by atoms with E-state index in [1.807, 2.05) is 12.1 Å². The van der Waals surface area contributed by atoms with Crippen molar-refractivity contribution >= 4 is 5.91 Å². The van der Waals surface area contributed by atoms with Crippen LogP contribution in [0.1, 0.15) is 11.1 Å². The SMILES string of the molecule is Cc1ccccc1CCNC(=O)CN.